The number of hydrogen-bond acceptors (Lipinski definition) is 1. The Kier molecular flexibility index (Phi) is 5.83. The largest absolute Gasteiger partial charge is 0.393 e. The summed E-state index contributed by atoms with van der Waals surface area (Å²) in [6.07, 6.45) is 2.29. The van der Waals surface area contributed by atoms with Crippen LogP contribution < -0.4 is 0 Å². The topological polar surface area (TPSA) is 20.2 Å². The molecule has 0 aliphatic carbocycles. The van der Waals surface area contributed by atoms with Crippen molar-refractivity contribution in [3.63, 3.8) is 0 Å². The summed E-state index contributed by atoms with van der Waals surface area (Å²) in [5, 5.41) is 10.0. The van der Waals surface area contributed by atoms with E-state index in [0.29, 0.717) is 0 Å². The molecular formula is C16H26OSi. The van der Waals surface area contributed by atoms with E-state index in [2.05, 4.69) is 38.4 Å². The zero-order valence-electron chi connectivity index (χ0n) is 11.9. The Labute approximate surface area is 113 Å². The molecule has 0 aliphatic rings. The molecule has 0 unspecified atom stereocenters. The lowest BCUT2D eigenvalue weighted by Gasteiger charge is -2.19. The molecule has 1 rings (SSSR count). The third-order valence-corrected chi connectivity index (χ3v) is 4.47. The summed E-state index contributed by atoms with van der Waals surface area (Å²) >= 11 is 0. The van der Waals surface area contributed by atoms with Crippen molar-refractivity contribution in [1.29, 1.82) is 0 Å². The summed E-state index contributed by atoms with van der Waals surface area (Å²) < 4.78 is 0. The quantitative estimate of drug-likeness (QED) is 0.575. The molecule has 1 aromatic rings. The number of hydrogen-bond donors (Lipinski definition) is 1. The first kappa shape index (κ1) is 15.2. The maximum atomic E-state index is 10.0. The van der Waals surface area contributed by atoms with Crippen LogP contribution in [0.3, 0.4) is 0 Å². The SMILES string of the molecule is C=C(C[C@H](O)CCc1ccccc1)C[Si](C)(C)C. The fourth-order valence-electron chi connectivity index (χ4n) is 2.24. The molecule has 0 aliphatic heterocycles. The third-order valence-electron chi connectivity index (χ3n) is 2.91. The smallest absolute Gasteiger partial charge is 0.0580 e. The maximum Gasteiger partial charge on any atom is 0.0580 e. The van der Waals surface area contributed by atoms with Crippen LogP contribution in [0.2, 0.25) is 25.7 Å². The Balaban J connectivity index is 2.29. The lowest BCUT2D eigenvalue weighted by atomic mass is 10.0. The summed E-state index contributed by atoms with van der Waals surface area (Å²) in [4.78, 5) is 0. The molecule has 0 bridgehead atoms. The molecule has 0 saturated heterocycles. The van der Waals surface area contributed by atoms with Crippen molar-refractivity contribution in [1.82, 2.24) is 0 Å². The van der Waals surface area contributed by atoms with E-state index >= 15 is 0 Å². The fourth-order valence-corrected chi connectivity index (χ4v) is 3.88. The van der Waals surface area contributed by atoms with E-state index in [4.69, 9.17) is 0 Å². The molecule has 0 heterocycles. The second kappa shape index (κ2) is 6.91. The molecule has 1 N–H and O–H groups in total. The van der Waals surface area contributed by atoms with E-state index in [-0.39, 0.29) is 6.10 Å². The van der Waals surface area contributed by atoms with Crippen LogP contribution in [0.25, 0.3) is 0 Å². The molecule has 0 radical (unpaired) electrons. The van der Waals surface area contributed by atoms with Gasteiger partial charge in [-0.1, -0.05) is 55.5 Å². The molecule has 0 aromatic heterocycles. The van der Waals surface area contributed by atoms with Crippen molar-refractivity contribution >= 4 is 8.07 Å². The normalized spacial score (nSPS) is 13.3. The minimum atomic E-state index is -1.08. The van der Waals surface area contributed by atoms with E-state index in [0.717, 1.165) is 25.3 Å². The summed E-state index contributed by atoms with van der Waals surface area (Å²) in [6.45, 7) is 11.1. The minimum absolute atomic E-state index is 0.242. The Bertz CT molecular complexity index is 364. The molecule has 18 heavy (non-hydrogen) atoms. The molecule has 0 amide bonds. The second-order valence-electron chi connectivity index (χ2n) is 6.37. The van der Waals surface area contributed by atoms with Crippen LogP contribution >= 0.6 is 0 Å². The van der Waals surface area contributed by atoms with Gasteiger partial charge in [-0.15, -0.1) is 6.58 Å². The monoisotopic (exact) mass is 262 g/mol. The van der Waals surface area contributed by atoms with Gasteiger partial charge in [0.05, 0.1) is 6.10 Å². The maximum absolute atomic E-state index is 10.0. The van der Waals surface area contributed by atoms with E-state index in [1.54, 1.807) is 0 Å². The summed E-state index contributed by atoms with van der Waals surface area (Å²) in [7, 11) is -1.08. The number of rotatable bonds is 7. The van der Waals surface area contributed by atoms with Crippen LogP contribution in [0.1, 0.15) is 18.4 Å². The van der Waals surface area contributed by atoms with Crippen molar-refractivity contribution < 1.29 is 5.11 Å². The van der Waals surface area contributed by atoms with E-state index in [9.17, 15) is 5.11 Å². The highest BCUT2D eigenvalue weighted by molar-refractivity contribution is 6.76. The van der Waals surface area contributed by atoms with Crippen LogP contribution in [-0.2, 0) is 6.42 Å². The summed E-state index contributed by atoms with van der Waals surface area (Å²) in [6, 6.07) is 11.5. The molecule has 1 aromatic carbocycles. The Morgan fingerprint density at radius 2 is 1.83 bits per heavy atom. The van der Waals surface area contributed by atoms with Crippen molar-refractivity contribution in [3.8, 4) is 0 Å². The van der Waals surface area contributed by atoms with Gasteiger partial charge in [-0.25, -0.2) is 0 Å². The number of benzene rings is 1. The zero-order chi connectivity index (χ0) is 13.6. The van der Waals surface area contributed by atoms with Crippen molar-refractivity contribution in [3.05, 3.63) is 48.0 Å². The lowest BCUT2D eigenvalue weighted by Crippen LogP contribution is -2.21. The average molecular weight is 262 g/mol. The molecule has 0 saturated carbocycles. The van der Waals surface area contributed by atoms with Crippen LogP contribution in [-0.4, -0.2) is 19.3 Å². The first-order valence-electron chi connectivity index (χ1n) is 6.75. The Hall–Kier alpha value is -0.863. The van der Waals surface area contributed by atoms with Gasteiger partial charge in [0.2, 0.25) is 0 Å². The van der Waals surface area contributed by atoms with Gasteiger partial charge < -0.3 is 5.11 Å². The van der Waals surface area contributed by atoms with Crippen LogP contribution in [0.15, 0.2) is 42.5 Å². The summed E-state index contributed by atoms with van der Waals surface area (Å²) in [5.41, 5.74) is 2.52. The van der Waals surface area contributed by atoms with E-state index in [1.165, 1.54) is 11.1 Å². The molecular weight excluding hydrogens is 236 g/mol. The lowest BCUT2D eigenvalue weighted by molar-refractivity contribution is 0.165. The molecule has 1 atom stereocenters. The fraction of sp³-hybridized carbons (Fsp3) is 0.500. The second-order valence-corrected chi connectivity index (χ2v) is 11.8. The van der Waals surface area contributed by atoms with Gasteiger partial charge >= 0.3 is 0 Å². The number of aliphatic hydroxyl groups is 1. The molecule has 100 valence electrons. The Morgan fingerprint density at radius 1 is 1.22 bits per heavy atom. The highest BCUT2D eigenvalue weighted by Crippen LogP contribution is 2.20. The van der Waals surface area contributed by atoms with Gasteiger partial charge in [-0.05, 0) is 30.9 Å². The Morgan fingerprint density at radius 3 is 2.39 bits per heavy atom. The first-order chi connectivity index (χ1) is 8.37. The van der Waals surface area contributed by atoms with E-state index in [1.807, 2.05) is 18.2 Å². The van der Waals surface area contributed by atoms with Crippen LogP contribution in [0.5, 0.6) is 0 Å². The third kappa shape index (κ3) is 6.77. The molecule has 1 nitrogen and oxygen atoms in total. The first-order valence-corrected chi connectivity index (χ1v) is 10.5. The van der Waals surface area contributed by atoms with Crippen molar-refractivity contribution in [2.24, 2.45) is 0 Å². The molecule has 0 fully saturated rings. The van der Waals surface area contributed by atoms with E-state index < -0.39 is 8.07 Å². The molecule has 0 spiro atoms. The van der Waals surface area contributed by atoms with Gasteiger partial charge in [-0.3, -0.25) is 0 Å². The van der Waals surface area contributed by atoms with Crippen LogP contribution in [0.4, 0.5) is 0 Å². The highest BCUT2D eigenvalue weighted by atomic mass is 28.3. The van der Waals surface area contributed by atoms with Gasteiger partial charge in [0, 0.05) is 8.07 Å². The minimum Gasteiger partial charge on any atom is -0.393 e. The van der Waals surface area contributed by atoms with Gasteiger partial charge in [0.15, 0.2) is 0 Å². The van der Waals surface area contributed by atoms with Gasteiger partial charge in [0.1, 0.15) is 0 Å². The molecule has 2 heteroatoms. The van der Waals surface area contributed by atoms with Gasteiger partial charge in [-0.2, -0.15) is 0 Å². The summed E-state index contributed by atoms with van der Waals surface area (Å²) in [5.74, 6) is 0. The number of aryl methyl sites for hydroxylation is 1. The zero-order valence-corrected chi connectivity index (χ0v) is 12.9. The highest BCUT2D eigenvalue weighted by Gasteiger charge is 2.16. The van der Waals surface area contributed by atoms with Crippen molar-refractivity contribution in [2.45, 2.75) is 51.1 Å². The van der Waals surface area contributed by atoms with Crippen molar-refractivity contribution in [2.75, 3.05) is 0 Å². The average Bonchev–Trinajstić information content (AvgIpc) is 2.25. The number of aliphatic hydroxyl groups excluding tert-OH is 1. The predicted octanol–water partition coefficient (Wildman–Crippen LogP) is 4.26. The van der Waals surface area contributed by atoms with Gasteiger partial charge in [0.25, 0.3) is 0 Å². The van der Waals surface area contributed by atoms with Crippen LogP contribution in [0, 0.1) is 0 Å². The standard InChI is InChI=1S/C16H26OSi/c1-14(13-18(2,3)4)12-16(17)11-10-15-8-6-5-7-9-15/h5-9,16-17H,1,10-13H2,2-4H3/t16-/m1/s1. The predicted molar refractivity (Wildman–Crippen MR) is 82.7 cm³/mol.